The van der Waals surface area contributed by atoms with E-state index in [4.69, 9.17) is 9.26 Å². The number of benzene rings is 1. The fourth-order valence-corrected chi connectivity index (χ4v) is 2.45. The number of carbonyl (C=O) groups is 1. The maximum absolute atomic E-state index is 12.1. The Labute approximate surface area is 158 Å². The zero-order valence-electron chi connectivity index (χ0n) is 14.1. The predicted octanol–water partition coefficient (Wildman–Crippen LogP) is 3.69. The summed E-state index contributed by atoms with van der Waals surface area (Å²) in [7, 11) is 0. The fraction of sp³-hybridized carbons (Fsp3) is 0.222. The van der Waals surface area contributed by atoms with E-state index in [2.05, 4.69) is 36.4 Å². The minimum Gasteiger partial charge on any atom is -0.439 e. The second kappa shape index (κ2) is 8.57. The monoisotopic (exact) mass is 416 g/mol. The van der Waals surface area contributed by atoms with E-state index >= 15 is 0 Å². The average molecular weight is 417 g/mol. The normalized spacial score (nSPS) is 10.5. The van der Waals surface area contributed by atoms with Crippen molar-refractivity contribution >= 4 is 21.8 Å². The van der Waals surface area contributed by atoms with Crippen molar-refractivity contribution in [3.05, 3.63) is 64.3 Å². The van der Waals surface area contributed by atoms with E-state index in [0.29, 0.717) is 48.3 Å². The van der Waals surface area contributed by atoms with Crippen LogP contribution in [0.3, 0.4) is 0 Å². The number of aromatic nitrogens is 3. The Kier molecular flexibility index (Phi) is 5.96. The number of rotatable bonds is 7. The van der Waals surface area contributed by atoms with Gasteiger partial charge in [-0.2, -0.15) is 4.98 Å². The topological polar surface area (TPSA) is 90.1 Å². The van der Waals surface area contributed by atoms with Gasteiger partial charge in [0.25, 0.3) is 5.91 Å². The molecule has 0 aliphatic carbocycles. The molecule has 1 N–H and O–H groups in total. The molecule has 7 nitrogen and oxygen atoms in total. The van der Waals surface area contributed by atoms with Crippen LogP contribution < -0.4 is 10.1 Å². The van der Waals surface area contributed by atoms with Crippen molar-refractivity contribution in [2.24, 2.45) is 0 Å². The summed E-state index contributed by atoms with van der Waals surface area (Å²) in [6.45, 7) is 2.28. The van der Waals surface area contributed by atoms with E-state index in [0.717, 1.165) is 4.47 Å². The van der Waals surface area contributed by atoms with Crippen molar-refractivity contribution < 1.29 is 14.1 Å². The maximum Gasteiger partial charge on any atom is 0.252 e. The molecule has 1 aromatic carbocycles. The molecule has 0 bridgehead atoms. The van der Waals surface area contributed by atoms with Crippen molar-refractivity contribution in [3.8, 4) is 11.6 Å². The van der Waals surface area contributed by atoms with Crippen molar-refractivity contribution in [2.75, 3.05) is 6.54 Å². The third-order valence-electron chi connectivity index (χ3n) is 3.46. The van der Waals surface area contributed by atoms with E-state index in [1.807, 2.05) is 24.3 Å². The Morgan fingerprint density at radius 3 is 2.69 bits per heavy atom. The Morgan fingerprint density at radius 2 is 2.04 bits per heavy atom. The van der Waals surface area contributed by atoms with Gasteiger partial charge in [-0.05, 0) is 43.7 Å². The molecule has 0 atom stereocenters. The molecule has 0 fully saturated rings. The first-order valence-electron chi connectivity index (χ1n) is 8.07. The molecule has 0 radical (unpaired) electrons. The predicted molar refractivity (Wildman–Crippen MR) is 98.1 cm³/mol. The van der Waals surface area contributed by atoms with Crippen LogP contribution in [0.2, 0.25) is 0 Å². The summed E-state index contributed by atoms with van der Waals surface area (Å²) in [6.07, 6.45) is 2.83. The lowest BCUT2D eigenvalue weighted by atomic mass is 10.2. The first-order chi connectivity index (χ1) is 12.6. The van der Waals surface area contributed by atoms with Crippen LogP contribution in [0.1, 0.15) is 28.5 Å². The summed E-state index contributed by atoms with van der Waals surface area (Å²) in [6, 6.07) is 10.8. The van der Waals surface area contributed by atoms with Crippen molar-refractivity contribution in [2.45, 2.75) is 19.8 Å². The second-order valence-electron chi connectivity index (χ2n) is 5.54. The first kappa shape index (κ1) is 18.1. The number of carbonyl (C=O) groups excluding carboxylic acids is 1. The average Bonchev–Trinajstić information content (AvgIpc) is 3.06. The standard InChI is InChI=1S/C18H17BrN4O3/c1-12-22-17(26-23-12)3-2-10-20-18(24)13-4-9-16(21-11-13)25-15-7-5-14(19)6-8-15/h4-9,11H,2-3,10H2,1H3,(H,20,24). The van der Waals surface area contributed by atoms with Crippen LogP contribution >= 0.6 is 15.9 Å². The molecule has 0 aliphatic rings. The number of pyridine rings is 1. The Balaban J connectivity index is 1.46. The molecule has 1 amide bonds. The van der Waals surface area contributed by atoms with Crippen molar-refractivity contribution in [1.29, 1.82) is 0 Å². The summed E-state index contributed by atoms with van der Waals surface area (Å²) < 4.78 is 11.6. The molecule has 2 heterocycles. The highest BCUT2D eigenvalue weighted by Gasteiger charge is 2.08. The minimum atomic E-state index is -0.186. The highest BCUT2D eigenvalue weighted by molar-refractivity contribution is 9.10. The van der Waals surface area contributed by atoms with Gasteiger partial charge in [-0.15, -0.1) is 0 Å². The van der Waals surface area contributed by atoms with Gasteiger partial charge in [0.2, 0.25) is 11.8 Å². The van der Waals surface area contributed by atoms with E-state index in [9.17, 15) is 4.79 Å². The summed E-state index contributed by atoms with van der Waals surface area (Å²) in [5, 5.41) is 6.56. The molecule has 26 heavy (non-hydrogen) atoms. The smallest absolute Gasteiger partial charge is 0.252 e. The molecule has 0 saturated carbocycles. The molecule has 8 heteroatoms. The molecule has 3 rings (SSSR count). The van der Waals surface area contributed by atoms with Gasteiger partial charge >= 0.3 is 0 Å². The third kappa shape index (κ3) is 5.13. The molecule has 0 saturated heterocycles. The van der Waals surface area contributed by atoms with Crippen LogP contribution in [0.5, 0.6) is 11.6 Å². The number of amides is 1. The van der Waals surface area contributed by atoms with Gasteiger partial charge < -0.3 is 14.6 Å². The highest BCUT2D eigenvalue weighted by atomic mass is 79.9. The Bertz CT molecular complexity index is 863. The van der Waals surface area contributed by atoms with E-state index in [-0.39, 0.29) is 5.91 Å². The summed E-state index contributed by atoms with van der Waals surface area (Å²) >= 11 is 3.37. The Morgan fingerprint density at radius 1 is 1.23 bits per heavy atom. The van der Waals surface area contributed by atoms with Crippen LogP contribution in [0, 0.1) is 6.92 Å². The van der Waals surface area contributed by atoms with Gasteiger partial charge in [0, 0.05) is 29.7 Å². The number of ether oxygens (including phenoxy) is 1. The quantitative estimate of drug-likeness (QED) is 0.590. The lowest BCUT2D eigenvalue weighted by Crippen LogP contribution is -2.24. The number of aryl methyl sites for hydroxylation is 2. The van der Waals surface area contributed by atoms with Crippen LogP contribution in [-0.4, -0.2) is 27.6 Å². The number of halogens is 1. The first-order valence-corrected chi connectivity index (χ1v) is 8.86. The van der Waals surface area contributed by atoms with E-state index in [1.54, 1.807) is 19.1 Å². The number of hydrogen-bond acceptors (Lipinski definition) is 6. The van der Waals surface area contributed by atoms with Crippen LogP contribution in [0.4, 0.5) is 0 Å². The molecular weight excluding hydrogens is 400 g/mol. The van der Waals surface area contributed by atoms with Gasteiger partial charge in [-0.3, -0.25) is 4.79 Å². The Hall–Kier alpha value is -2.74. The molecule has 0 aliphatic heterocycles. The SMILES string of the molecule is Cc1noc(CCCNC(=O)c2ccc(Oc3ccc(Br)cc3)nc2)n1. The van der Waals surface area contributed by atoms with Crippen molar-refractivity contribution in [1.82, 2.24) is 20.4 Å². The summed E-state index contributed by atoms with van der Waals surface area (Å²) in [5.41, 5.74) is 0.474. The molecule has 3 aromatic rings. The van der Waals surface area contributed by atoms with E-state index in [1.165, 1.54) is 6.20 Å². The molecule has 0 spiro atoms. The summed E-state index contributed by atoms with van der Waals surface area (Å²) in [5.74, 6) is 2.10. The zero-order valence-corrected chi connectivity index (χ0v) is 15.7. The second-order valence-corrected chi connectivity index (χ2v) is 6.45. The lowest BCUT2D eigenvalue weighted by molar-refractivity contribution is 0.0952. The minimum absolute atomic E-state index is 0.186. The maximum atomic E-state index is 12.1. The third-order valence-corrected chi connectivity index (χ3v) is 3.99. The molecular formula is C18H17BrN4O3. The number of hydrogen-bond donors (Lipinski definition) is 1. The molecule has 134 valence electrons. The van der Waals surface area contributed by atoms with E-state index < -0.39 is 0 Å². The van der Waals surface area contributed by atoms with Gasteiger partial charge in [-0.25, -0.2) is 4.98 Å². The fourth-order valence-electron chi connectivity index (χ4n) is 2.18. The molecule has 2 aromatic heterocycles. The number of nitrogens with zero attached hydrogens (tertiary/aromatic N) is 3. The van der Waals surface area contributed by atoms with Crippen LogP contribution in [-0.2, 0) is 6.42 Å². The van der Waals surface area contributed by atoms with Gasteiger partial charge in [0.1, 0.15) is 5.75 Å². The molecule has 0 unspecified atom stereocenters. The zero-order chi connectivity index (χ0) is 18.4. The summed E-state index contributed by atoms with van der Waals surface area (Å²) in [4.78, 5) is 20.4. The highest BCUT2D eigenvalue weighted by Crippen LogP contribution is 2.21. The number of nitrogens with one attached hydrogen (secondary N) is 1. The lowest BCUT2D eigenvalue weighted by Gasteiger charge is -2.06. The van der Waals surface area contributed by atoms with Crippen LogP contribution in [0.25, 0.3) is 0 Å². The van der Waals surface area contributed by atoms with Gasteiger partial charge in [-0.1, -0.05) is 21.1 Å². The van der Waals surface area contributed by atoms with Gasteiger partial charge in [0.15, 0.2) is 5.82 Å². The van der Waals surface area contributed by atoms with Gasteiger partial charge in [0.05, 0.1) is 5.56 Å². The van der Waals surface area contributed by atoms with Crippen LogP contribution in [0.15, 0.2) is 51.6 Å². The largest absolute Gasteiger partial charge is 0.439 e. The van der Waals surface area contributed by atoms with Crippen molar-refractivity contribution in [3.63, 3.8) is 0 Å².